The molecule has 6 heteroatoms. The fourth-order valence-corrected chi connectivity index (χ4v) is 2.27. The molecule has 0 saturated carbocycles. The number of nitrogens with one attached hydrogen (secondary N) is 3. The number of hydrogen-bond donors (Lipinski definition) is 3. The molecule has 0 radical (unpaired) electrons. The SMILES string of the molecule is CCc1cnc(CNC(C)c2ccc3[nH]c(=O)[nH]c3c2)o1. The monoisotopic (exact) mass is 286 g/mol. The number of imidazole rings is 1. The van der Waals surface area contributed by atoms with Gasteiger partial charge in [0.2, 0.25) is 5.89 Å². The summed E-state index contributed by atoms with van der Waals surface area (Å²) in [7, 11) is 0. The Kier molecular flexibility index (Phi) is 3.62. The van der Waals surface area contributed by atoms with E-state index in [1.165, 1.54) is 0 Å². The Morgan fingerprint density at radius 3 is 2.90 bits per heavy atom. The molecular weight excluding hydrogens is 268 g/mol. The number of oxazole rings is 1. The second-order valence-electron chi connectivity index (χ2n) is 5.06. The quantitative estimate of drug-likeness (QED) is 0.671. The summed E-state index contributed by atoms with van der Waals surface area (Å²) in [6, 6.07) is 6.00. The lowest BCUT2D eigenvalue weighted by Gasteiger charge is -2.12. The molecule has 0 saturated heterocycles. The van der Waals surface area contributed by atoms with E-state index in [-0.39, 0.29) is 11.7 Å². The van der Waals surface area contributed by atoms with Gasteiger partial charge in [-0.15, -0.1) is 0 Å². The summed E-state index contributed by atoms with van der Waals surface area (Å²) in [4.78, 5) is 21.0. The molecular formula is C15H18N4O2. The predicted molar refractivity (Wildman–Crippen MR) is 80.1 cm³/mol. The van der Waals surface area contributed by atoms with E-state index in [1.807, 2.05) is 25.1 Å². The van der Waals surface area contributed by atoms with Crippen LogP contribution in [0.2, 0.25) is 0 Å². The van der Waals surface area contributed by atoms with Crippen molar-refractivity contribution in [3.05, 3.63) is 52.1 Å². The van der Waals surface area contributed by atoms with Crippen molar-refractivity contribution in [3.63, 3.8) is 0 Å². The number of fused-ring (bicyclic) bond motifs is 1. The molecule has 3 N–H and O–H groups in total. The Labute approximate surface area is 121 Å². The Bertz CT molecular complexity index is 799. The third-order valence-electron chi connectivity index (χ3n) is 3.55. The first kappa shape index (κ1) is 13.6. The van der Waals surface area contributed by atoms with Crippen molar-refractivity contribution >= 4 is 11.0 Å². The van der Waals surface area contributed by atoms with Crippen LogP contribution in [0, 0.1) is 0 Å². The van der Waals surface area contributed by atoms with Gasteiger partial charge in [0.1, 0.15) is 5.76 Å². The number of H-pyrrole nitrogens is 2. The molecule has 1 aromatic carbocycles. The van der Waals surface area contributed by atoms with E-state index in [2.05, 4.69) is 27.2 Å². The minimum Gasteiger partial charge on any atom is -0.444 e. The first-order valence-corrected chi connectivity index (χ1v) is 7.04. The van der Waals surface area contributed by atoms with Gasteiger partial charge in [-0.3, -0.25) is 0 Å². The van der Waals surface area contributed by atoms with Gasteiger partial charge in [-0.05, 0) is 24.6 Å². The van der Waals surface area contributed by atoms with Gasteiger partial charge in [-0.25, -0.2) is 9.78 Å². The summed E-state index contributed by atoms with van der Waals surface area (Å²) >= 11 is 0. The molecule has 0 aliphatic heterocycles. The van der Waals surface area contributed by atoms with E-state index in [4.69, 9.17) is 4.42 Å². The summed E-state index contributed by atoms with van der Waals surface area (Å²) in [6.45, 7) is 4.67. The molecule has 3 rings (SSSR count). The number of nitrogens with zero attached hydrogens (tertiary/aromatic N) is 1. The lowest BCUT2D eigenvalue weighted by molar-refractivity contribution is 0.424. The summed E-state index contributed by atoms with van der Waals surface area (Å²) in [5, 5.41) is 3.37. The minimum absolute atomic E-state index is 0.129. The zero-order valence-corrected chi connectivity index (χ0v) is 12.1. The molecule has 0 fully saturated rings. The van der Waals surface area contributed by atoms with Gasteiger partial charge < -0.3 is 19.7 Å². The van der Waals surface area contributed by atoms with Gasteiger partial charge in [0.15, 0.2) is 0 Å². The minimum atomic E-state index is -0.186. The zero-order chi connectivity index (χ0) is 14.8. The molecule has 0 aliphatic rings. The molecule has 3 aromatic rings. The van der Waals surface area contributed by atoms with Gasteiger partial charge >= 0.3 is 5.69 Å². The van der Waals surface area contributed by atoms with E-state index in [1.54, 1.807) is 6.20 Å². The first-order chi connectivity index (χ1) is 10.2. The molecule has 0 bridgehead atoms. The van der Waals surface area contributed by atoms with Crippen LogP contribution in [0.5, 0.6) is 0 Å². The molecule has 0 spiro atoms. The Hall–Kier alpha value is -2.34. The average Bonchev–Trinajstić information content (AvgIpc) is 3.08. The number of hydrogen-bond acceptors (Lipinski definition) is 4. The second kappa shape index (κ2) is 5.57. The molecule has 21 heavy (non-hydrogen) atoms. The number of rotatable bonds is 5. The largest absolute Gasteiger partial charge is 0.444 e. The fourth-order valence-electron chi connectivity index (χ4n) is 2.27. The number of aromatic nitrogens is 3. The van der Waals surface area contributed by atoms with Crippen molar-refractivity contribution in [2.75, 3.05) is 0 Å². The van der Waals surface area contributed by atoms with E-state index in [9.17, 15) is 4.79 Å². The second-order valence-corrected chi connectivity index (χ2v) is 5.06. The summed E-state index contributed by atoms with van der Waals surface area (Å²) < 4.78 is 5.57. The molecule has 0 aliphatic carbocycles. The van der Waals surface area contributed by atoms with E-state index >= 15 is 0 Å². The summed E-state index contributed by atoms with van der Waals surface area (Å²) in [5.41, 5.74) is 2.54. The van der Waals surface area contributed by atoms with Crippen LogP contribution in [0.1, 0.15) is 37.1 Å². The van der Waals surface area contributed by atoms with Crippen LogP contribution < -0.4 is 11.0 Å². The average molecular weight is 286 g/mol. The lowest BCUT2D eigenvalue weighted by atomic mass is 10.1. The van der Waals surface area contributed by atoms with Crippen molar-refractivity contribution in [3.8, 4) is 0 Å². The van der Waals surface area contributed by atoms with E-state index in [0.717, 1.165) is 28.8 Å². The van der Waals surface area contributed by atoms with Crippen LogP contribution in [-0.2, 0) is 13.0 Å². The maximum Gasteiger partial charge on any atom is 0.323 e. The zero-order valence-electron chi connectivity index (χ0n) is 12.1. The van der Waals surface area contributed by atoms with Crippen molar-refractivity contribution in [1.82, 2.24) is 20.3 Å². The Morgan fingerprint density at radius 2 is 2.14 bits per heavy atom. The van der Waals surface area contributed by atoms with Gasteiger partial charge in [0.05, 0.1) is 23.8 Å². The van der Waals surface area contributed by atoms with Crippen LogP contribution in [0.25, 0.3) is 11.0 Å². The van der Waals surface area contributed by atoms with Crippen molar-refractivity contribution in [2.45, 2.75) is 32.9 Å². The Morgan fingerprint density at radius 1 is 1.33 bits per heavy atom. The van der Waals surface area contributed by atoms with Crippen LogP contribution in [0.15, 0.2) is 33.6 Å². The van der Waals surface area contributed by atoms with E-state index < -0.39 is 0 Å². The maximum atomic E-state index is 11.3. The third kappa shape index (κ3) is 2.90. The van der Waals surface area contributed by atoms with Gasteiger partial charge in [0.25, 0.3) is 0 Å². The topological polar surface area (TPSA) is 86.7 Å². The maximum absolute atomic E-state index is 11.3. The summed E-state index contributed by atoms with van der Waals surface area (Å²) in [5.74, 6) is 1.58. The first-order valence-electron chi connectivity index (χ1n) is 7.04. The molecule has 110 valence electrons. The Balaban J connectivity index is 1.70. The fraction of sp³-hybridized carbons (Fsp3) is 0.333. The molecule has 1 unspecified atom stereocenters. The standard InChI is InChI=1S/C15H18N4O2/c1-3-11-7-17-14(21-11)8-16-9(2)10-4-5-12-13(6-10)19-15(20)18-12/h4-7,9,16H,3,8H2,1-2H3,(H2,18,19,20). The molecule has 0 amide bonds. The van der Waals surface area contributed by atoms with Crippen molar-refractivity contribution in [1.29, 1.82) is 0 Å². The molecule has 1 atom stereocenters. The highest BCUT2D eigenvalue weighted by atomic mass is 16.4. The predicted octanol–water partition coefficient (Wildman–Crippen LogP) is 2.26. The van der Waals surface area contributed by atoms with Gasteiger partial charge in [0, 0.05) is 12.5 Å². The number of aromatic amines is 2. The van der Waals surface area contributed by atoms with Gasteiger partial charge in [-0.2, -0.15) is 0 Å². The van der Waals surface area contributed by atoms with Crippen molar-refractivity contribution in [2.24, 2.45) is 0 Å². The van der Waals surface area contributed by atoms with Crippen molar-refractivity contribution < 1.29 is 4.42 Å². The smallest absolute Gasteiger partial charge is 0.323 e. The highest BCUT2D eigenvalue weighted by molar-refractivity contribution is 5.75. The number of benzene rings is 1. The van der Waals surface area contributed by atoms with Gasteiger partial charge in [-0.1, -0.05) is 13.0 Å². The molecule has 6 nitrogen and oxygen atoms in total. The molecule has 2 heterocycles. The lowest BCUT2D eigenvalue weighted by Crippen LogP contribution is -2.18. The number of aryl methyl sites for hydroxylation is 1. The highest BCUT2D eigenvalue weighted by Gasteiger charge is 2.09. The third-order valence-corrected chi connectivity index (χ3v) is 3.55. The summed E-state index contributed by atoms with van der Waals surface area (Å²) in [6.07, 6.45) is 2.61. The van der Waals surface area contributed by atoms with Crippen LogP contribution in [0.3, 0.4) is 0 Å². The van der Waals surface area contributed by atoms with Crippen LogP contribution in [0.4, 0.5) is 0 Å². The highest BCUT2D eigenvalue weighted by Crippen LogP contribution is 2.17. The van der Waals surface area contributed by atoms with Crippen LogP contribution in [-0.4, -0.2) is 15.0 Å². The van der Waals surface area contributed by atoms with Crippen LogP contribution >= 0.6 is 0 Å². The molecule has 2 aromatic heterocycles. The normalized spacial score (nSPS) is 12.9. The van der Waals surface area contributed by atoms with E-state index in [0.29, 0.717) is 12.4 Å².